The first-order valence-electron chi connectivity index (χ1n) is 8.62. The van der Waals surface area contributed by atoms with E-state index < -0.39 is 12.6 Å². The average Bonchev–Trinajstić information content (AvgIpc) is 2.66. The van der Waals surface area contributed by atoms with Gasteiger partial charge in [-0.2, -0.15) is 0 Å². The molecule has 6 heteroatoms. The number of ether oxygens (including phenoxy) is 1. The maximum atomic E-state index is 13.0. The van der Waals surface area contributed by atoms with E-state index in [1.165, 1.54) is 0 Å². The lowest BCUT2D eigenvalue weighted by molar-refractivity contribution is -0.307. The van der Waals surface area contributed by atoms with Crippen LogP contribution in [0.1, 0.15) is 42.4 Å². The van der Waals surface area contributed by atoms with Crippen molar-refractivity contribution < 1.29 is 19.4 Å². The number of nitrogens with one attached hydrogen (secondary N) is 1. The Morgan fingerprint density at radius 2 is 1.92 bits per heavy atom. The molecule has 6 nitrogen and oxygen atoms in total. The summed E-state index contributed by atoms with van der Waals surface area (Å²) in [7, 11) is 0. The van der Waals surface area contributed by atoms with Gasteiger partial charge in [-0.15, -0.1) is 0 Å². The Balaban J connectivity index is 1.91. The molecule has 3 rings (SSSR count). The maximum absolute atomic E-state index is 13.0. The van der Waals surface area contributed by atoms with Crippen molar-refractivity contribution in [2.24, 2.45) is 0 Å². The van der Waals surface area contributed by atoms with Crippen molar-refractivity contribution in [2.45, 2.75) is 32.5 Å². The average molecular weight is 353 g/mol. The first-order chi connectivity index (χ1) is 12.5. The molecule has 0 radical (unpaired) electrons. The van der Waals surface area contributed by atoms with E-state index in [-0.39, 0.29) is 18.1 Å². The number of para-hydroxylation sites is 1. The molecule has 0 aliphatic carbocycles. The first-order valence-corrected chi connectivity index (χ1v) is 8.62. The van der Waals surface area contributed by atoms with E-state index in [0.29, 0.717) is 11.3 Å². The number of nitrogens with zero attached hydrogens (tertiary/aromatic N) is 1. The van der Waals surface area contributed by atoms with Crippen LogP contribution in [0.3, 0.4) is 0 Å². The summed E-state index contributed by atoms with van der Waals surface area (Å²) in [4.78, 5) is 25.4. The number of carbonyl (C=O) groups is 2. The van der Waals surface area contributed by atoms with Gasteiger partial charge in [-0.05, 0) is 43.2 Å². The van der Waals surface area contributed by atoms with Gasteiger partial charge in [-0.25, -0.2) is 0 Å². The fourth-order valence-electron chi connectivity index (χ4n) is 3.05. The second-order valence-electron chi connectivity index (χ2n) is 6.29. The molecular formula is C20H21N2O4-. The standard InChI is InChI=1S/C20H22N2O4/c1-3-13(2)22-19(21-17-7-5-4-6-16(17)20(22)25)14-8-10-15(11-9-14)26-12-18(23)24/h4-11,13,19,21H,3,12H2,1-2H3,(H,23,24)/p-1/t13-,19+/m0/s1. The lowest BCUT2D eigenvalue weighted by Crippen LogP contribution is -2.47. The van der Waals surface area contributed by atoms with Gasteiger partial charge in [0.2, 0.25) is 0 Å². The van der Waals surface area contributed by atoms with E-state index in [9.17, 15) is 14.7 Å². The van der Waals surface area contributed by atoms with E-state index in [4.69, 9.17) is 4.74 Å². The fourth-order valence-corrected chi connectivity index (χ4v) is 3.05. The summed E-state index contributed by atoms with van der Waals surface area (Å²) < 4.78 is 5.12. The normalized spacial score (nSPS) is 17.2. The highest BCUT2D eigenvalue weighted by molar-refractivity contribution is 6.01. The quantitative estimate of drug-likeness (QED) is 0.861. The van der Waals surface area contributed by atoms with E-state index in [1.54, 1.807) is 12.1 Å². The topological polar surface area (TPSA) is 81.7 Å². The van der Waals surface area contributed by atoms with Crippen molar-refractivity contribution in [3.8, 4) is 5.75 Å². The van der Waals surface area contributed by atoms with E-state index in [0.717, 1.165) is 17.7 Å². The Hall–Kier alpha value is -3.02. The number of carbonyl (C=O) groups excluding carboxylic acids is 2. The van der Waals surface area contributed by atoms with Crippen LogP contribution in [0.4, 0.5) is 5.69 Å². The van der Waals surface area contributed by atoms with E-state index in [1.807, 2.05) is 55.1 Å². The molecule has 2 aromatic rings. The minimum absolute atomic E-state index is 0.00372. The Labute approximate surface area is 152 Å². The van der Waals surface area contributed by atoms with Gasteiger partial charge < -0.3 is 24.9 Å². The summed E-state index contributed by atoms with van der Waals surface area (Å²) in [6.45, 7) is 3.58. The van der Waals surface area contributed by atoms with Gasteiger partial charge >= 0.3 is 0 Å². The molecule has 0 spiro atoms. The summed E-state index contributed by atoms with van der Waals surface area (Å²) in [6, 6.07) is 14.6. The molecule has 1 amide bonds. The van der Waals surface area contributed by atoms with Gasteiger partial charge in [0.05, 0.1) is 11.5 Å². The third-order valence-corrected chi connectivity index (χ3v) is 4.58. The van der Waals surface area contributed by atoms with Crippen LogP contribution in [0.2, 0.25) is 0 Å². The molecule has 136 valence electrons. The number of rotatable bonds is 6. The molecule has 26 heavy (non-hydrogen) atoms. The van der Waals surface area contributed by atoms with Crippen molar-refractivity contribution >= 4 is 17.6 Å². The minimum Gasteiger partial charge on any atom is -0.546 e. The van der Waals surface area contributed by atoms with Crippen molar-refractivity contribution in [3.63, 3.8) is 0 Å². The van der Waals surface area contributed by atoms with Crippen LogP contribution >= 0.6 is 0 Å². The first kappa shape index (κ1) is 17.8. The van der Waals surface area contributed by atoms with Gasteiger partial charge in [0.15, 0.2) is 0 Å². The molecule has 1 N–H and O–H groups in total. The zero-order valence-electron chi connectivity index (χ0n) is 14.8. The molecule has 0 fully saturated rings. The molecule has 1 aliphatic heterocycles. The van der Waals surface area contributed by atoms with Crippen LogP contribution in [-0.4, -0.2) is 29.4 Å². The zero-order valence-corrected chi connectivity index (χ0v) is 14.8. The fraction of sp³-hybridized carbons (Fsp3) is 0.300. The third-order valence-electron chi connectivity index (χ3n) is 4.58. The van der Waals surface area contributed by atoms with Crippen LogP contribution in [0, 0.1) is 0 Å². The maximum Gasteiger partial charge on any atom is 0.258 e. The van der Waals surface area contributed by atoms with E-state index in [2.05, 4.69) is 5.32 Å². The molecule has 0 unspecified atom stereocenters. The molecule has 0 saturated heterocycles. The number of amides is 1. The Morgan fingerprint density at radius 1 is 1.23 bits per heavy atom. The molecule has 1 aliphatic rings. The Bertz CT molecular complexity index is 804. The molecular weight excluding hydrogens is 332 g/mol. The Kier molecular flexibility index (Phi) is 5.11. The van der Waals surface area contributed by atoms with Gasteiger partial charge in [0, 0.05) is 11.7 Å². The predicted octanol–water partition coefficient (Wildman–Crippen LogP) is 2.18. The van der Waals surface area contributed by atoms with E-state index >= 15 is 0 Å². The highest BCUT2D eigenvalue weighted by Crippen LogP contribution is 2.35. The highest BCUT2D eigenvalue weighted by Gasteiger charge is 2.35. The summed E-state index contributed by atoms with van der Waals surface area (Å²) in [6.07, 6.45) is 0.529. The molecule has 0 bridgehead atoms. The third kappa shape index (κ3) is 3.49. The highest BCUT2D eigenvalue weighted by atomic mass is 16.5. The van der Waals surface area contributed by atoms with Crippen LogP contribution in [0.15, 0.2) is 48.5 Å². The lowest BCUT2D eigenvalue weighted by atomic mass is 10.0. The number of aliphatic carboxylic acids is 1. The molecule has 2 aromatic carbocycles. The van der Waals surface area contributed by atoms with Crippen molar-refractivity contribution in [2.75, 3.05) is 11.9 Å². The second-order valence-corrected chi connectivity index (χ2v) is 6.29. The number of benzene rings is 2. The zero-order chi connectivity index (χ0) is 18.7. The van der Waals surface area contributed by atoms with Gasteiger partial charge in [-0.3, -0.25) is 4.79 Å². The summed E-state index contributed by atoms with van der Waals surface area (Å²) >= 11 is 0. The smallest absolute Gasteiger partial charge is 0.258 e. The van der Waals surface area contributed by atoms with Crippen LogP contribution in [0.25, 0.3) is 0 Å². The van der Waals surface area contributed by atoms with Crippen LogP contribution < -0.4 is 15.2 Å². The lowest BCUT2D eigenvalue weighted by Gasteiger charge is -2.41. The monoisotopic (exact) mass is 353 g/mol. The van der Waals surface area contributed by atoms with Crippen molar-refractivity contribution in [3.05, 3.63) is 59.7 Å². The number of hydrogen-bond acceptors (Lipinski definition) is 5. The molecule has 0 aromatic heterocycles. The van der Waals surface area contributed by atoms with Crippen LogP contribution in [-0.2, 0) is 4.79 Å². The van der Waals surface area contributed by atoms with Gasteiger partial charge in [-0.1, -0.05) is 31.2 Å². The van der Waals surface area contributed by atoms with Gasteiger partial charge in [0.1, 0.15) is 18.5 Å². The number of carboxylic acids is 1. The number of hydrogen-bond donors (Lipinski definition) is 1. The Morgan fingerprint density at radius 3 is 2.58 bits per heavy atom. The summed E-state index contributed by atoms with van der Waals surface area (Å²) in [5, 5.41) is 13.9. The SMILES string of the molecule is CC[C@H](C)N1C(=O)c2ccccc2N[C@H]1c1ccc(OCC(=O)[O-])cc1. The molecule has 2 atom stereocenters. The van der Waals surface area contributed by atoms with Crippen molar-refractivity contribution in [1.82, 2.24) is 4.90 Å². The minimum atomic E-state index is -1.27. The molecule has 1 heterocycles. The number of fused-ring (bicyclic) bond motifs is 1. The predicted molar refractivity (Wildman–Crippen MR) is 95.7 cm³/mol. The largest absolute Gasteiger partial charge is 0.546 e. The second kappa shape index (κ2) is 7.47. The summed E-state index contributed by atoms with van der Waals surface area (Å²) in [5.41, 5.74) is 2.37. The number of anilines is 1. The molecule has 0 saturated carbocycles. The summed E-state index contributed by atoms with van der Waals surface area (Å²) in [5.74, 6) is -0.834. The van der Waals surface area contributed by atoms with Crippen LogP contribution in [0.5, 0.6) is 5.75 Å². The van der Waals surface area contributed by atoms with Gasteiger partial charge in [0.25, 0.3) is 5.91 Å². The van der Waals surface area contributed by atoms with Crippen molar-refractivity contribution in [1.29, 1.82) is 0 Å². The number of carboxylic acid groups (broad SMARTS) is 1.